The Kier molecular flexibility index (Phi) is 3.84. The SMILES string of the molecule is C1=Nc2[nH]c3c4nc5ncnc5nc4c4nc5ncnc5nc4c3[nH]c2C1.c1nc2c3nc[nH]c3c3[nH]cnc3c2[nH]1. The fraction of sp³-hybridized carbons (Fsp3) is 0.0400. The van der Waals surface area contributed by atoms with Crippen molar-refractivity contribution in [1.29, 1.82) is 0 Å². The van der Waals surface area contributed by atoms with E-state index in [0.717, 1.165) is 55.6 Å². The average Bonchev–Trinajstić information content (AvgIpc) is 3.86. The van der Waals surface area contributed by atoms with E-state index in [2.05, 4.69) is 84.7 Å². The maximum absolute atomic E-state index is 4.68. The summed E-state index contributed by atoms with van der Waals surface area (Å²) < 4.78 is 0. The molecular formula is C25H13N17. The molecule has 8 aromatic heterocycles. The molecule has 0 radical (unpaired) electrons. The minimum atomic E-state index is 0.460. The highest BCUT2D eigenvalue weighted by atomic mass is 15.1. The molecule has 198 valence electrons. The van der Waals surface area contributed by atoms with Gasteiger partial charge < -0.3 is 24.9 Å². The number of nitrogens with one attached hydrogen (secondary N) is 5. The van der Waals surface area contributed by atoms with Crippen LogP contribution in [0.3, 0.4) is 0 Å². The van der Waals surface area contributed by atoms with Gasteiger partial charge in [0.15, 0.2) is 22.6 Å². The van der Waals surface area contributed by atoms with Crippen LogP contribution >= 0.6 is 0 Å². The number of nitrogens with zero attached hydrogens (tertiary/aromatic N) is 12. The molecule has 1 aliphatic rings. The van der Waals surface area contributed by atoms with Crippen LogP contribution in [0.4, 0.5) is 5.82 Å². The van der Waals surface area contributed by atoms with Crippen molar-refractivity contribution in [2.24, 2.45) is 4.99 Å². The number of aromatic amines is 5. The topological polar surface area (TPSA) is 233 Å². The number of imidazole rings is 5. The summed E-state index contributed by atoms with van der Waals surface area (Å²) in [5.74, 6) is 0.765. The lowest BCUT2D eigenvalue weighted by molar-refractivity contribution is 1.17. The number of fused-ring (bicyclic) bond motifs is 15. The van der Waals surface area contributed by atoms with Crippen LogP contribution in [0.5, 0.6) is 0 Å². The molecule has 0 amide bonds. The Morgan fingerprint density at radius 2 is 0.952 bits per heavy atom. The molecular weight excluding hydrogens is 538 g/mol. The van der Waals surface area contributed by atoms with Crippen molar-refractivity contribution in [3.05, 3.63) is 37.3 Å². The lowest BCUT2D eigenvalue weighted by Crippen LogP contribution is -1.99. The van der Waals surface area contributed by atoms with E-state index >= 15 is 0 Å². The van der Waals surface area contributed by atoms with Gasteiger partial charge in [0.2, 0.25) is 0 Å². The molecule has 0 fully saturated rings. The maximum atomic E-state index is 4.68. The summed E-state index contributed by atoms with van der Waals surface area (Å²) in [6, 6.07) is 0. The second kappa shape index (κ2) is 7.56. The summed E-state index contributed by atoms with van der Waals surface area (Å²) in [4.78, 5) is 68.6. The van der Waals surface area contributed by atoms with E-state index in [9.17, 15) is 0 Å². The summed E-state index contributed by atoms with van der Waals surface area (Å²) in [6.45, 7) is 0. The fourth-order valence-corrected chi connectivity index (χ4v) is 5.50. The highest BCUT2D eigenvalue weighted by molar-refractivity contribution is 6.20. The number of aromatic nitrogens is 16. The largest absolute Gasteiger partial charge is 0.352 e. The van der Waals surface area contributed by atoms with Gasteiger partial charge in [-0.1, -0.05) is 0 Å². The Hall–Kier alpha value is -6.52. The molecule has 2 aromatic carbocycles. The zero-order valence-electron chi connectivity index (χ0n) is 21.0. The average molecular weight is 551 g/mol. The quantitative estimate of drug-likeness (QED) is 0.172. The van der Waals surface area contributed by atoms with Gasteiger partial charge in [-0.25, -0.2) is 59.8 Å². The summed E-state index contributed by atoms with van der Waals surface area (Å²) in [6.07, 6.45) is 10.4. The van der Waals surface area contributed by atoms with E-state index in [1.54, 1.807) is 19.0 Å². The molecule has 5 N–H and O–H groups in total. The molecule has 0 aliphatic carbocycles. The molecule has 1 aliphatic heterocycles. The van der Waals surface area contributed by atoms with Gasteiger partial charge in [-0.05, 0) is 0 Å². The van der Waals surface area contributed by atoms with Gasteiger partial charge in [0.25, 0.3) is 0 Å². The fourth-order valence-electron chi connectivity index (χ4n) is 5.50. The van der Waals surface area contributed by atoms with Gasteiger partial charge in [0.05, 0.1) is 52.3 Å². The van der Waals surface area contributed by atoms with E-state index in [1.807, 2.05) is 6.21 Å². The number of aliphatic imine (C=N–C) groups is 1. The third-order valence-electron chi connectivity index (χ3n) is 7.34. The van der Waals surface area contributed by atoms with Crippen molar-refractivity contribution in [3.8, 4) is 0 Å². The molecule has 0 saturated carbocycles. The Bertz CT molecular complexity index is 2540. The van der Waals surface area contributed by atoms with Crippen LogP contribution in [0.2, 0.25) is 0 Å². The summed E-state index contributed by atoms with van der Waals surface area (Å²) in [7, 11) is 0. The first-order chi connectivity index (χ1) is 20.8. The van der Waals surface area contributed by atoms with Crippen LogP contribution in [0.1, 0.15) is 5.69 Å². The van der Waals surface area contributed by atoms with Gasteiger partial charge in [0.1, 0.15) is 57.1 Å². The summed E-state index contributed by atoms with van der Waals surface area (Å²) >= 11 is 0. The van der Waals surface area contributed by atoms with E-state index in [1.165, 1.54) is 12.7 Å². The summed E-state index contributed by atoms with van der Waals surface area (Å²) in [5.41, 5.74) is 12.2. The molecule has 0 saturated heterocycles. The summed E-state index contributed by atoms with van der Waals surface area (Å²) in [5, 5.41) is 0. The number of hydrogen-bond acceptors (Lipinski definition) is 12. The smallest absolute Gasteiger partial charge is 0.200 e. The van der Waals surface area contributed by atoms with E-state index < -0.39 is 0 Å². The highest BCUT2D eigenvalue weighted by Gasteiger charge is 2.20. The molecule has 42 heavy (non-hydrogen) atoms. The Morgan fingerprint density at radius 1 is 0.452 bits per heavy atom. The maximum Gasteiger partial charge on any atom is 0.200 e. The zero-order chi connectivity index (χ0) is 27.4. The van der Waals surface area contributed by atoms with Crippen molar-refractivity contribution < 1.29 is 0 Å². The van der Waals surface area contributed by atoms with Crippen LogP contribution in [-0.4, -0.2) is 86.0 Å². The van der Waals surface area contributed by atoms with Crippen molar-refractivity contribution in [1.82, 2.24) is 79.7 Å². The first-order valence-electron chi connectivity index (χ1n) is 12.8. The van der Waals surface area contributed by atoms with E-state index in [0.29, 0.717) is 51.1 Å². The lowest BCUT2D eigenvalue weighted by atomic mass is 10.2. The first kappa shape index (κ1) is 21.3. The predicted octanol–water partition coefficient (Wildman–Crippen LogP) is 2.84. The van der Waals surface area contributed by atoms with Crippen molar-refractivity contribution in [2.45, 2.75) is 6.42 Å². The number of benzene rings is 2. The molecule has 0 bridgehead atoms. The molecule has 0 unspecified atom stereocenters. The van der Waals surface area contributed by atoms with Gasteiger partial charge in [-0.2, -0.15) is 0 Å². The van der Waals surface area contributed by atoms with Crippen LogP contribution in [0, 0.1) is 0 Å². The molecule has 10 aromatic rings. The molecule has 0 atom stereocenters. The normalized spacial score (nSPS) is 13.0. The molecule has 17 heteroatoms. The lowest BCUT2D eigenvalue weighted by Gasteiger charge is -2.10. The van der Waals surface area contributed by atoms with Crippen LogP contribution < -0.4 is 0 Å². The van der Waals surface area contributed by atoms with Gasteiger partial charge in [0, 0.05) is 12.6 Å². The van der Waals surface area contributed by atoms with Crippen LogP contribution in [0.15, 0.2) is 36.6 Å². The zero-order valence-corrected chi connectivity index (χ0v) is 21.0. The predicted molar refractivity (Wildman–Crippen MR) is 152 cm³/mol. The monoisotopic (exact) mass is 551 g/mol. The second-order valence-corrected chi connectivity index (χ2v) is 9.60. The van der Waals surface area contributed by atoms with Gasteiger partial charge in [-0.3, -0.25) is 0 Å². The Morgan fingerprint density at radius 3 is 1.60 bits per heavy atom. The van der Waals surface area contributed by atoms with E-state index in [4.69, 9.17) is 0 Å². The van der Waals surface area contributed by atoms with Crippen LogP contribution in [0.25, 0.3) is 88.8 Å². The minimum Gasteiger partial charge on any atom is -0.352 e. The highest BCUT2D eigenvalue weighted by Crippen LogP contribution is 2.34. The number of H-pyrrole nitrogens is 5. The third kappa shape index (κ3) is 2.74. The van der Waals surface area contributed by atoms with Crippen LogP contribution in [-0.2, 0) is 6.42 Å². The Labute approximate surface area is 229 Å². The standard InChI is InChI=1S/C16H7N11.C9H6N6/c1-2-17-12-5(1)22-6-7(23-12)9-11(27-16-15(25-9)20-4-21-16)10-8(6)24-13-14(26-10)19-3-18-13;1-10-4-5(11-1)7-9(15-3-13-7)8-6(4)12-2-14-8/h2-4,22-23H,1H2;1-3H,(H,10,11)(H,12,14)(H,13,15). The van der Waals surface area contributed by atoms with E-state index in [-0.39, 0.29) is 0 Å². The van der Waals surface area contributed by atoms with Crippen molar-refractivity contribution in [2.75, 3.05) is 0 Å². The molecule has 17 nitrogen and oxygen atoms in total. The number of hydrogen-bond donors (Lipinski definition) is 5. The second-order valence-electron chi connectivity index (χ2n) is 9.60. The Balaban J connectivity index is 0.000000133. The molecule has 0 spiro atoms. The molecule has 11 rings (SSSR count). The van der Waals surface area contributed by atoms with Gasteiger partial charge >= 0.3 is 0 Å². The van der Waals surface area contributed by atoms with Crippen molar-refractivity contribution in [3.63, 3.8) is 0 Å². The molecule has 9 heterocycles. The first-order valence-corrected chi connectivity index (χ1v) is 12.8. The third-order valence-corrected chi connectivity index (χ3v) is 7.34. The number of rotatable bonds is 0. The van der Waals surface area contributed by atoms with Gasteiger partial charge in [-0.15, -0.1) is 0 Å². The van der Waals surface area contributed by atoms with Crippen molar-refractivity contribution >= 4 is 101 Å². The minimum absolute atomic E-state index is 0.460.